The van der Waals surface area contributed by atoms with E-state index in [1.165, 1.54) is 0 Å². The molecule has 1 aromatic rings. The Morgan fingerprint density at radius 2 is 2.25 bits per heavy atom. The van der Waals surface area contributed by atoms with Crippen molar-refractivity contribution in [1.82, 2.24) is 4.98 Å². The maximum atomic E-state index is 10.3. The fourth-order valence-corrected chi connectivity index (χ4v) is 0.911. The third-order valence-electron chi connectivity index (χ3n) is 1.10. The number of hydrogen-bond acceptors (Lipinski definition) is 4. The van der Waals surface area contributed by atoms with E-state index < -0.39 is 10.3 Å². The summed E-state index contributed by atoms with van der Waals surface area (Å²) in [7, 11) is -3.86. The van der Waals surface area contributed by atoms with Gasteiger partial charge < -0.3 is 0 Å². The molecule has 0 fully saturated rings. The van der Waals surface area contributed by atoms with Crippen molar-refractivity contribution >= 4 is 10.3 Å². The maximum absolute atomic E-state index is 10.3. The molecule has 2 N–H and O–H groups in total. The lowest BCUT2D eigenvalue weighted by molar-refractivity contribution is 0.304. The number of aromatic nitrogens is 1. The van der Waals surface area contributed by atoms with Crippen LogP contribution in [0.5, 0.6) is 0 Å². The number of rotatable bonds is 3. The second-order valence-corrected chi connectivity index (χ2v) is 3.30. The molecule has 0 bridgehead atoms. The summed E-state index contributed by atoms with van der Waals surface area (Å²) in [6, 6.07) is 5.10. The predicted molar refractivity (Wildman–Crippen MR) is 42.1 cm³/mol. The fourth-order valence-electron chi connectivity index (χ4n) is 0.626. The Hall–Kier alpha value is -0.980. The van der Waals surface area contributed by atoms with Crippen LogP contribution in [0.3, 0.4) is 0 Å². The molecule has 6 heteroatoms. The molecule has 0 atom stereocenters. The second kappa shape index (κ2) is 3.61. The minimum absolute atomic E-state index is 0.125. The Morgan fingerprint density at radius 3 is 2.75 bits per heavy atom. The van der Waals surface area contributed by atoms with Crippen molar-refractivity contribution in [1.29, 1.82) is 0 Å². The van der Waals surface area contributed by atoms with E-state index in [1.54, 1.807) is 24.4 Å². The molecule has 0 aliphatic heterocycles. The number of nitrogens with zero attached hydrogens (tertiary/aromatic N) is 1. The monoisotopic (exact) mass is 188 g/mol. The van der Waals surface area contributed by atoms with Crippen LogP contribution in [0.1, 0.15) is 5.69 Å². The molecule has 0 unspecified atom stereocenters. The van der Waals surface area contributed by atoms with E-state index in [1.807, 2.05) is 0 Å². The van der Waals surface area contributed by atoms with Crippen molar-refractivity contribution in [3.63, 3.8) is 0 Å². The summed E-state index contributed by atoms with van der Waals surface area (Å²) in [6.07, 6.45) is 1.54. The van der Waals surface area contributed by atoms with Crippen LogP contribution < -0.4 is 5.14 Å². The Morgan fingerprint density at radius 1 is 1.50 bits per heavy atom. The van der Waals surface area contributed by atoms with Crippen LogP contribution in [-0.4, -0.2) is 13.4 Å². The summed E-state index contributed by atoms with van der Waals surface area (Å²) in [5.74, 6) is 0. The molecule has 66 valence electrons. The van der Waals surface area contributed by atoms with Crippen LogP contribution in [0.25, 0.3) is 0 Å². The van der Waals surface area contributed by atoms with E-state index in [-0.39, 0.29) is 6.61 Å². The van der Waals surface area contributed by atoms with Crippen LogP contribution in [0.2, 0.25) is 0 Å². The first-order valence-electron chi connectivity index (χ1n) is 3.15. The van der Waals surface area contributed by atoms with Gasteiger partial charge in [-0.1, -0.05) is 6.07 Å². The summed E-state index contributed by atoms with van der Waals surface area (Å²) >= 11 is 0. The molecule has 0 saturated heterocycles. The summed E-state index contributed by atoms with van der Waals surface area (Å²) in [5, 5.41) is 4.61. The summed E-state index contributed by atoms with van der Waals surface area (Å²) in [5.41, 5.74) is 0.520. The number of hydrogen-bond donors (Lipinski definition) is 1. The highest BCUT2D eigenvalue weighted by atomic mass is 32.2. The van der Waals surface area contributed by atoms with Gasteiger partial charge in [0.25, 0.3) is 0 Å². The highest BCUT2D eigenvalue weighted by Gasteiger charge is 2.02. The van der Waals surface area contributed by atoms with Gasteiger partial charge in [0, 0.05) is 6.20 Å². The molecule has 0 saturated carbocycles. The van der Waals surface area contributed by atoms with Crippen molar-refractivity contribution in [2.24, 2.45) is 5.14 Å². The molecule has 0 aromatic carbocycles. The van der Waals surface area contributed by atoms with Gasteiger partial charge in [0.15, 0.2) is 0 Å². The standard InChI is InChI=1S/C6H8N2O3S/c7-12(9,10)11-5-6-3-1-2-4-8-6/h1-4H,5H2,(H2,7,9,10). The molecule has 0 amide bonds. The minimum Gasteiger partial charge on any atom is -0.259 e. The van der Waals surface area contributed by atoms with Crippen LogP contribution in [-0.2, 0) is 21.1 Å². The first-order valence-corrected chi connectivity index (χ1v) is 4.62. The summed E-state index contributed by atoms with van der Waals surface area (Å²) in [6.45, 7) is -0.125. The largest absolute Gasteiger partial charge is 0.333 e. The summed E-state index contributed by atoms with van der Waals surface area (Å²) in [4.78, 5) is 3.84. The van der Waals surface area contributed by atoms with E-state index >= 15 is 0 Å². The third kappa shape index (κ3) is 3.42. The smallest absolute Gasteiger partial charge is 0.259 e. The normalized spacial score (nSPS) is 11.4. The lowest BCUT2D eigenvalue weighted by Crippen LogP contribution is -2.15. The average Bonchev–Trinajstić information content (AvgIpc) is 2.02. The van der Waals surface area contributed by atoms with E-state index in [0.717, 1.165) is 0 Å². The molecule has 0 aliphatic carbocycles. The van der Waals surface area contributed by atoms with Gasteiger partial charge in [0.05, 0.1) is 5.69 Å². The molecule has 1 aromatic heterocycles. The van der Waals surface area contributed by atoms with Gasteiger partial charge in [-0.2, -0.15) is 8.42 Å². The SMILES string of the molecule is NS(=O)(=O)OCc1ccccn1. The van der Waals surface area contributed by atoms with Crippen LogP contribution >= 0.6 is 0 Å². The Kier molecular flexibility index (Phi) is 2.74. The van der Waals surface area contributed by atoms with Crippen LogP contribution in [0.4, 0.5) is 0 Å². The van der Waals surface area contributed by atoms with Crippen molar-refractivity contribution < 1.29 is 12.6 Å². The lowest BCUT2D eigenvalue weighted by Gasteiger charge is -1.98. The van der Waals surface area contributed by atoms with Gasteiger partial charge in [-0.15, -0.1) is 0 Å². The molecule has 0 aliphatic rings. The lowest BCUT2D eigenvalue weighted by atomic mass is 10.4. The van der Waals surface area contributed by atoms with Crippen LogP contribution in [0, 0.1) is 0 Å². The number of pyridine rings is 1. The Bertz CT molecular complexity index is 335. The van der Waals surface area contributed by atoms with E-state index in [4.69, 9.17) is 0 Å². The highest BCUT2D eigenvalue weighted by molar-refractivity contribution is 7.84. The fraction of sp³-hybridized carbons (Fsp3) is 0.167. The van der Waals surface area contributed by atoms with E-state index in [0.29, 0.717) is 5.69 Å². The quantitative estimate of drug-likeness (QED) is 0.712. The van der Waals surface area contributed by atoms with Gasteiger partial charge in [0.1, 0.15) is 6.61 Å². The van der Waals surface area contributed by atoms with Gasteiger partial charge in [0.2, 0.25) is 0 Å². The number of nitrogens with two attached hydrogens (primary N) is 1. The van der Waals surface area contributed by atoms with Gasteiger partial charge in [-0.05, 0) is 12.1 Å². The second-order valence-electron chi connectivity index (χ2n) is 2.08. The molecule has 12 heavy (non-hydrogen) atoms. The van der Waals surface area contributed by atoms with Crippen molar-refractivity contribution in [2.45, 2.75) is 6.61 Å². The van der Waals surface area contributed by atoms with Crippen LogP contribution in [0.15, 0.2) is 24.4 Å². The van der Waals surface area contributed by atoms with E-state index in [2.05, 4.69) is 14.3 Å². The topological polar surface area (TPSA) is 82.3 Å². The first-order chi connectivity index (χ1) is 5.58. The zero-order chi connectivity index (χ0) is 9.03. The molecule has 5 nitrogen and oxygen atoms in total. The third-order valence-corrected chi connectivity index (χ3v) is 1.54. The molecule has 0 radical (unpaired) electrons. The first kappa shape index (κ1) is 9.11. The predicted octanol–water partition coefficient (Wildman–Crippen LogP) is -0.198. The molecular formula is C6H8N2O3S. The molecule has 0 spiro atoms. The van der Waals surface area contributed by atoms with Crippen molar-refractivity contribution in [3.8, 4) is 0 Å². The highest BCUT2D eigenvalue weighted by Crippen LogP contribution is 1.97. The van der Waals surface area contributed by atoms with Crippen molar-refractivity contribution in [2.75, 3.05) is 0 Å². The van der Waals surface area contributed by atoms with Crippen molar-refractivity contribution in [3.05, 3.63) is 30.1 Å². The Balaban J connectivity index is 2.56. The van der Waals surface area contributed by atoms with E-state index in [9.17, 15) is 8.42 Å². The zero-order valence-electron chi connectivity index (χ0n) is 6.17. The van der Waals surface area contributed by atoms with Gasteiger partial charge in [-0.3, -0.25) is 9.17 Å². The zero-order valence-corrected chi connectivity index (χ0v) is 6.99. The summed E-state index contributed by atoms with van der Waals surface area (Å²) < 4.78 is 25.0. The van der Waals surface area contributed by atoms with Gasteiger partial charge in [-0.25, -0.2) is 5.14 Å². The maximum Gasteiger partial charge on any atom is 0.333 e. The van der Waals surface area contributed by atoms with Gasteiger partial charge >= 0.3 is 10.3 Å². The molecule has 1 rings (SSSR count). The molecular weight excluding hydrogens is 180 g/mol. The molecule has 1 heterocycles. The minimum atomic E-state index is -3.86. The average molecular weight is 188 g/mol. The Labute approximate surface area is 70.4 Å².